The summed E-state index contributed by atoms with van der Waals surface area (Å²) < 4.78 is 0. The molecule has 0 aliphatic carbocycles. The van der Waals surface area contributed by atoms with Crippen molar-refractivity contribution in [2.45, 2.75) is 19.4 Å². The van der Waals surface area contributed by atoms with Gasteiger partial charge in [-0.05, 0) is 36.5 Å². The summed E-state index contributed by atoms with van der Waals surface area (Å²) in [5, 5.41) is 13.0. The predicted molar refractivity (Wildman–Crippen MR) is 77.4 cm³/mol. The van der Waals surface area contributed by atoms with Crippen LogP contribution in [0.5, 0.6) is 0 Å². The minimum absolute atomic E-state index is 0.555. The number of hydrogen-bond donors (Lipinski definition) is 1. The summed E-state index contributed by atoms with van der Waals surface area (Å²) in [6.45, 7) is 5.60. The van der Waals surface area contributed by atoms with Crippen LogP contribution in [-0.2, 0) is 0 Å². The van der Waals surface area contributed by atoms with Gasteiger partial charge in [-0.25, -0.2) is 0 Å². The topological polar surface area (TPSA) is 39.1 Å². The first-order valence-corrected chi connectivity index (χ1v) is 7.29. The summed E-state index contributed by atoms with van der Waals surface area (Å²) >= 11 is 6.16. The van der Waals surface area contributed by atoms with E-state index in [9.17, 15) is 0 Å². The van der Waals surface area contributed by atoms with E-state index in [-0.39, 0.29) is 0 Å². The SMILES string of the molecule is CCC1C2CNCC2CN1c1ccc(C#N)c(Cl)c1. The van der Waals surface area contributed by atoms with Crippen molar-refractivity contribution in [1.29, 1.82) is 5.26 Å². The van der Waals surface area contributed by atoms with Crippen LogP contribution >= 0.6 is 11.6 Å². The van der Waals surface area contributed by atoms with Gasteiger partial charge in [0, 0.05) is 31.4 Å². The minimum Gasteiger partial charge on any atom is -0.368 e. The lowest BCUT2D eigenvalue weighted by Gasteiger charge is -2.29. The van der Waals surface area contributed by atoms with Crippen molar-refractivity contribution in [2.75, 3.05) is 24.5 Å². The molecule has 2 aliphatic heterocycles. The van der Waals surface area contributed by atoms with E-state index in [2.05, 4.69) is 23.2 Å². The summed E-state index contributed by atoms with van der Waals surface area (Å²) in [5.74, 6) is 1.50. The van der Waals surface area contributed by atoms with Crippen LogP contribution in [0.3, 0.4) is 0 Å². The van der Waals surface area contributed by atoms with Crippen LogP contribution < -0.4 is 10.2 Å². The van der Waals surface area contributed by atoms with Gasteiger partial charge in [0.1, 0.15) is 6.07 Å². The van der Waals surface area contributed by atoms with Crippen molar-refractivity contribution in [3.8, 4) is 6.07 Å². The quantitative estimate of drug-likeness (QED) is 0.902. The highest BCUT2D eigenvalue weighted by molar-refractivity contribution is 6.32. The molecule has 0 aromatic heterocycles. The largest absolute Gasteiger partial charge is 0.368 e. The number of nitriles is 1. The maximum Gasteiger partial charge on any atom is 0.101 e. The van der Waals surface area contributed by atoms with E-state index in [0.29, 0.717) is 16.6 Å². The lowest BCUT2D eigenvalue weighted by Crippen LogP contribution is -2.35. The highest BCUT2D eigenvalue weighted by Gasteiger charge is 2.43. The number of benzene rings is 1. The third-order valence-corrected chi connectivity index (χ3v) is 4.85. The zero-order chi connectivity index (χ0) is 13.4. The number of halogens is 1. The lowest BCUT2D eigenvalue weighted by atomic mass is 9.93. The minimum atomic E-state index is 0.555. The molecule has 3 unspecified atom stereocenters. The van der Waals surface area contributed by atoms with Crippen LogP contribution in [0.1, 0.15) is 18.9 Å². The van der Waals surface area contributed by atoms with E-state index in [1.807, 2.05) is 18.2 Å². The van der Waals surface area contributed by atoms with Gasteiger partial charge >= 0.3 is 0 Å². The van der Waals surface area contributed by atoms with E-state index in [1.54, 1.807) is 0 Å². The first kappa shape index (κ1) is 12.8. The second-order valence-corrected chi connectivity index (χ2v) is 5.89. The third kappa shape index (κ3) is 2.09. The number of hydrogen-bond acceptors (Lipinski definition) is 3. The summed E-state index contributed by atoms with van der Waals surface area (Å²) in [5.41, 5.74) is 1.71. The molecule has 0 saturated carbocycles. The molecular weight excluding hydrogens is 258 g/mol. The van der Waals surface area contributed by atoms with Crippen LogP contribution in [0.4, 0.5) is 5.69 Å². The normalized spacial score (nSPS) is 29.3. The Hall–Kier alpha value is -1.24. The molecule has 1 aromatic carbocycles. The summed E-state index contributed by atoms with van der Waals surface area (Å²) in [6.07, 6.45) is 1.15. The van der Waals surface area contributed by atoms with Crippen molar-refractivity contribution < 1.29 is 0 Å². The van der Waals surface area contributed by atoms with Gasteiger partial charge < -0.3 is 10.2 Å². The van der Waals surface area contributed by atoms with Crippen molar-refractivity contribution in [2.24, 2.45) is 11.8 Å². The van der Waals surface area contributed by atoms with Gasteiger partial charge in [0.15, 0.2) is 0 Å². The summed E-state index contributed by atoms with van der Waals surface area (Å²) in [6, 6.07) is 8.51. The Balaban J connectivity index is 1.90. The molecule has 3 rings (SSSR count). The highest BCUT2D eigenvalue weighted by Crippen LogP contribution is 2.38. The van der Waals surface area contributed by atoms with Gasteiger partial charge in [-0.1, -0.05) is 18.5 Å². The summed E-state index contributed by atoms with van der Waals surface area (Å²) in [7, 11) is 0. The van der Waals surface area contributed by atoms with E-state index >= 15 is 0 Å². The Morgan fingerprint density at radius 2 is 2.32 bits per heavy atom. The van der Waals surface area contributed by atoms with Crippen LogP contribution in [0, 0.1) is 23.2 Å². The van der Waals surface area contributed by atoms with Gasteiger partial charge in [0.25, 0.3) is 0 Å². The molecule has 2 fully saturated rings. The van der Waals surface area contributed by atoms with Crippen molar-refractivity contribution in [3.05, 3.63) is 28.8 Å². The first-order chi connectivity index (χ1) is 9.24. The van der Waals surface area contributed by atoms with Gasteiger partial charge in [-0.2, -0.15) is 5.26 Å². The van der Waals surface area contributed by atoms with Crippen LogP contribution in [-0.4, -0.2) is 25.7 Å². The maximum atomic E-state index is 8.95. The number of nitrogens with one attached hydrogen (secondary N) is 1. The Bertz CT molecular complexity index is 523. The second kappa shape index (κ2) is 5.03. The van der Waals surface area contributed by atoms with E-state index < -0.39 is 0 Å². The standard InChI is InChI=1S/C15H18ClN3/c1-2-15-13-8-18-7-11(13)9-19(15)12-4-3-10(6-17)14(16)5-12/h3-5,11,13,15,18H,2,7-9H2,1H3. The van der Waals surface area contributed by atoms with Gasteiger partial charge in [-0.15, -0.1) is 0 Å². The molecular formula is C15H18ClN3. The molecule has 3 nitrogen and oxygen atoms in total. The van der Waals surface area contributed by atoms with Gasteiger partial charge in [-0.3, -0.25) is 0 Å². The fourth-order valence-electron chi connectivity index (χ4n) is 3.62. The zero-order valence-corrected chi connectivity index (χ0v) is 11.8. The van der Waals surface area contributed by atoms with E-state index in [0.717, 1.165) is 43.6 Å². The first-order valence-electron chi connectivity index (χ1n) is 6.91. The fraction of sp³-hybridized carbons (Fsp3) is 0.533. The molecule has 100 valence electrons. The van der Waals surface area contributed by atoms with Crippen molar-refractivity contribution >= 4 is 17.3 Å². The molecule has 0 radical (unpaired) electrons. The monoisotopic (exact) mass is 275 g/mol. The smallest absolute Gasteiger partial charge is 0.101 e. The number of rotatable bonds is 2. The molecule has 19 heavy (non-hydrogen) atoms. The number of fused-ring (bicyclic) bond motifs is 1. The Labute approximate surface area is 119 Å². The molecule has 0 spiro atoms. The Morgan fingerprint density at radius 3 is 3.00 bits per heavy atom. The average Bonchev–Trinajstić information content (AvgIpc) is 2.98. The van der Waals surface area contributed by atoms with Crippen LogP contribution in [0.25, 0.3) is 0 Å². The number of anilines is 1. The molecule has 2 aliphatic rings. The predicted octanol–water partition coefficient (Wildman–Crippen LogP) is 2.65. The van der Waals surface area contributed by atoms with Crippen LogP contribution in [0.15, 0.2) is 18.2 Å². The Kier molecular flexibility index (Phi) is 3.38. The third-order valence-electron chi connectivity index (χ3n) is 4.54. The fourth-order valence-corrected chi connectivity index (χ4v) is 3.83. The van der Waals surface area contributed by atoms with Gasteiger partial charge in [0.2, 0.25) is 0 Å². The molecule has 2 saturated heterocycles. The maximum absolute atomic E-state index is 8.95. The molecule has 1 aromatic rings. The Morgan fingerprint density at radius 1 is 1.47 bits per heavy atom. The molecule has 3 atom stereocenters. The van der Waals surface area contributed by atoms with Gasteiger partial charge in [0.05, 0.1) is 10.6 Å². The van der Waals surface area contributed by atoms with E-state index in [1.165, 1.54) is 0 Å². The average molecular weight is 276 g/mol. The summed E-state index contributed by atoms with van der Waals surface area (Å²) in [4.78, 5) is 2.48. The lowest BCUT2D eigenvalue weighted by molar-refractivity contribution is 0.442. The van der Waals surface area contributed by atoms with Crippen LogP contribution in [0.2, 0.25) is 5.02 Å². The highest BCUT2D eigenvalue weighted by atomic mass is 35.5. The molecule has 0 bridgehead atoms. The van der Waals surface area contributed by atoms with Crippen molar-refractivity contribution in [3.63, 3.8) is 0 Å². The molecule has 1 N–H and O–H groups in total. The second-order valence-electron chi connectivity index (χ2n) is 5.49. The molecule has 4 heteroatoms. The molecule has 0 amide bonds. The van der Waals surface area contributed by atoms with Crippen molar-refractivity contribution in [1.82, 2.24) is 5.32 Å². The number of nitrogens with zero attached hydrogens (tertiary/aromatic N) is 2. The molecule has 2 heterocycles. The zero-order valence-electron chi connectivity index (χ0n) is 11.1. The van der Waals surface area contributed by atoms with E-state index in [4.69, 9.17) is 16.9 Å².